The van der Waals surface area contributed by atoms with Crippen LogP contribution in [0.25, 0.3) is 33.2 Å². The molecule has 4 aromatic heterocycles. The van der Waals surface area contributed by atoms with Crippen LogP contribution in [0.2, 0.25) is 5.02 Å². The van der Waals surface area contributed by atoms with Crippen LogP contribution in [-0.2, 0) is 6.42 Å². The minimum Gasteiger partial charge on any atom is -0.497 e. The lowest BCUT2D eigenvalue weighted by molar-refractivity contribution is 0.0915. The Kier molecular flexibility index (Phi) is 5.77. The summed E-state index contributed by atoms with van der Waals surface area (Å²) in [6, 6.07) is 14.0. The number of aromatic amines is 1. The minimum absolute atomic E-state index is 0.0469. The first kappa shape index (κ1) is 23.6. The molecule has 0 fully saturated rings. The number of rotatable bonds is 5. The molecule has 38 heavy (non-hydrogen) atoms. The molecule has 0 aliphatic rings. The van der Waals surface area contributed by atoms with Crippen molar-refractivity contribution in [1.82, 2.24) is 29.3 Å². The Balaban J connectivity index is 1.44. The summed E-state index contributed by atoms with van der Waals surface area (Å²) in [5.74, 6) is 0.226. The maximum Gasteiger partial charge on any atom is 0.262 e. The number of nitrogens with zero attached hydrogens (tertiary/aromatic N) is 5. The molecule has 0 saturated heterocycles. The van der Waals surface area contributed by atoms with E-state index >= 15 is 0 Å². The zero-order valence-electron chi connectivity index (χ0n) is 20.5. The fourth-order valence-corrected chi connectivity index (χ4v) is 4.92. The Morgan fingerprint density at radius 3 is 2.61 bits per heavy atom. The van der Waals surface area contributed by atoms with Crippen molar-refractivity contribution in [1.29, 1.82) is 0 Å². The van der Waals surface area contributed by atoms with Gasteiger partial charge in [-0.3, -0.25) is 23.8 Å². The van der Waals surface area contributed by atoms with Crippen LogP contribution in [0.15, 0.2) is 73.4 Å². The second-order valence-electron chi connectivity index (χ2n) is 8.80. The Labute approximate surface area is 221 Å². The summed E-state index contributed by atoms with van der Waals surface area (Å²) in [6.45, 7) is 1.84. The number of methoxy groups -OCH3 is 1. The maximum absolute atomic E-state index is 13.7. The molecule has 188 valence electrons. The lowest BCUT2D eigenvalue weighted by atomic mass is 10.1. The Morgan fingerprint density at radius 2 is 1.87 bits per heavy atom. The van der Waals surface area contributed by atoms with Gasteiger partial charge in [0.05, 0.1) is 30.9 Å². The highest BCUT2D eigenvalue weighted by atomic mass is 35.5. The van der Waals surface area contributed by atoms with E-state index in [0.717, 1.165) is 21.9 Å². The van der Waals surface area contributed by atoms with E-state index in [1.165, 1.54) is 10.9 Å². The van der Waals surface area contributed by atoms with Crippen molar-refractivity contribution in [3.05, 3.63) is 95.3 Å². The topological polar surface area (TPSA) is 108 Å². The van der Waals surface area contributed by atoms with Gasteiger partial charge in [0.15, 0.2) is 5.65 Å². The zero-order valence-corrected chi connectivity index (χ0v) is 21.2. The first-order chi connectivity index (χ1) is 18.5. The van der Waals surface area contributed by atoms with Crippen LogP contribution in [0.1, 0.15) is 26.4 Å². The summed E-state index contributed by atoms with van der Waals surface area (Å²) in [5.41, 5.74) is 4.56. The standard InChI is InChI=1S/C28H21ClN6O3/c1-16-22(12-25(36)34-10-9-21-26(18-13-32-33-14-18)30-15-31-27(21)34)23-11-20(38-2)7-8-24(23)35(16)28(37)17-3-5-19(29)6-4-17/h3-11,13-15H,12H2,1-2H3,(H,32,33). The molecule has 10 heteroatoms. The van der Waals surface area contributed by atoms with Gasteiger partial charge in [-0.05, 0) is 61.0 Å². The van der Waals surface area contributed by atoms with Gasteiger partial charge in [0.2, 0.25) is 5.91 Å². The number of carbonyl (C=O) groups excluding carboxylic acids is 2. The highest BCUT2D eigenvalue weighted by Gasteiger charge is 2.23. The van der Waals surface area contributed by atoms with Crippen molar-refractivity contribution >= 4 is 45.4 Å². The molecule has 0 aliphatic heterocycles. The van der Waals surface area contributed by atoms with Crippen LogP contribution >= 0.6 is 11.6 Å². The number of nitrogens with one attached hydrogen (secondary N) is 1. The fourth-order valence-electron chi connectivity index (χ4n) is 4.80. The highest BCUT2D eigenvalue weighted by Crippen LogP contribution is 2.32. The van der Waals surface area contributed by atoms with E-state index < -0.39 is 0 Å². The van der Waals surface area contributed by atoms with Gasteiger partial charge in [-0.2, -0.15) is 5.10 Å². The normalized spacial score (nSPS) is 11.3. The molecule has 0 spiro atoms. The number of ether oxygens (including phenoxy) is 1. The Morgan fingerprint density at radius 1 is 1.05 bits per heavy atom. The van der Waals surface area contributed by atoms with Gasteiger partial charge < -0.3 is 4.74 Å². The SMILES string of the molecule is COc1ccc2c(c1)c(CC(=O)n1ccc3c(-c4cn[nH]c4)ncnc31)c(C)n2C(=O)c1ccc(Cl)cc1. The number of halogens is 1. The van der Waals surface area contributed by atoms with Gasteiger partial charge in [0.25, 0.3) is 5.91 Å². The number of H-pyrrole nitrogens is 1. The lowest BCUT2D eigenvalue weighted by Crippen LogP contribution is -2.16. The molecule has 6 aromatic rings. The summed E-state index contributed by atoms with van der Waals surface area (Å²) < 4.78 is 8.60. The molecule has 2 aromatic carbocycles. The van der Waals surface area contributed by atoms with Crippen LogP contribution in [0.5, 0.6) is 5.75 Å². The zero-order chi connectivity index (χ0) is 26.4. The molecular weight excluding hydrogens is 504 g/mol. The Bertz CT molecular complexity index is 1830. The molecule has 0 aliphatic carbocycles. The molecule has 0 amide bonds. The third-order valence-corrected chi connectivity index (χ3v) is 6.94. The van der Waals surface area contributed by atoms with Crippen LogP contribution in [-0.4, -0.2) is 48.2 Å². The number of hydrogen-bond acceptors (Lipinski definition) is 6. The second-order valence-corrected chi connectivity index (χ2v) is 9.23. The fraction of sp³-hybridized carbons (Fsp3) is 0.107. The van der Waals surface area contributed by atoms with Crippen molar-refractivity contribution < 1.29 is 14.3 Å². The molecule has 0 radical (unpaired) electrons. The van der Waals surface area contributed by atoms with E-state index in [0.29, 0.717) is 38.9 Å². The maximum atomic E-state index is 13.7. The molecule has 0 atom stereocenters. The van der Waals surface area contributed by atoms with Crippen LogP contribution in [0.3, 0.4) is 0 Å². The molecule has 0 saturated carbocycles. The Hall–Kier alpha value is -4.76. The van der Waals surface area contributed by atoms with Gasteiger partial charge in [-0.15, -0.1) is 0 Å². The first-order valence-electron chi connectivity index (χ1n) is 11.8. The number of carbonyl (C=O) groups is 2. The van der Waals surface area contributed by atoms with Crippen LogP contribution < -0.4 is 4.74 Å². The summed E-state index contributed by atoms with van der Waals surface area (Å²) in [5, 5.41) is 8.83. The van der Waals surface area contributed by atoms with Crippen molar-refractivity contribution in [3.8, 4) is 17.0 Å². The van der Waals surface area contributed by atoms with E-state index in [2.05, 4.69) is 20.2 Å². The number of aromatic nitrogens is 6. The quantitative estimate of drug-likeness (QED) is 0.327. The van der Waals surface area contributed by atoms with Crippen molar-refractivity contribution in [3.63, 3.8) is 0 Å². The summed E-state index contributed by atoms with van der Waals surface area (Å²) in [7, 11) is 1.58. The largest absolute Gasteiger partial charge is 0.497 e. The highest BCUT2D eigenvalue weighted by molar-refractivity contribution is 6.30. The van der Waals surface area contributed by atoms with E-state index in [-0.39, 0.29) is 18.2 Å². The first-order valence-corrected chi connectivity index (χ1v) is 12.2. The molecule has 0 unspecified atom stereocenters. The van der Waals surface area contributed by atoms with Crippen LogP contribution in [0.4, 0.5) is 0 Å². The van der Waals surface area contributed by atoms with Gasteiger partial charge >= 0.3 is 0 Å². The van der Waals surface area contributed by atoms with Crippen LogP contribution in [0, 0.1) is 6.92 Å². The monoisotopic (exact) mass is 524 g/mol. The molecule has 6 rings (SSSR count). The number of hydrogen-bond donors (Lipinski definition) is 1. The van der Waals surface area contributed by atoms with Gasteiger partial charge in [-0.1, -0.05) is 11.6 Å². The lowest BCUT2D eigenvalue weighted by Gasteiger charge is -2.08. The minimum atomic E-state index is -0.211. The third-order valence-electron chi connectivity index (χ3n) is 6.69. The molecule has 4 heterocycles. The number of fused-ring (bicyclic) bond motifs is 2. The van der Waals surface area contributed by atoms with Gasteiger partial charge in [0, 0.05) is 45.0 Å². The van der Waals surface area contributed by atoms with Gasteiger partial charge in [0.1, 0.15) is 12.1 Å². The molecule has 1 N–H and O–H groups in total. The van der Waals surface area contributed by atoms with E-state index in [1.807, 2.05) is 25.1 Å². The average molecular weight is 525 g/mol. The number of benzene rings is 2. The summed E-state index contributed by atoms with van der Waals surface area (Å²) in [4.78, 5) is 36.0. The average Bonchev–Trinajstić information content (AvgIpc) is 3.67. The second kappa shape index (κ2) is 9.28. The predicted octanol–water partition coefficient (Wildman–Crippen LogP) is 5.32. The van der Waals surface area contributed by atoms with E-state index in [1.54, 1.807) is 60.6 Å². The molecule has 9 nitrogen and oxygen atoms in total. The summed E-state index contributed by atoms with van der Waals surface area (Å²) in [6.07, 6.45) is 6.58. The van der Waals surface area contributed by atoms with Crippen molar-refractivity contribution in [2.45, 2.75) is 13.3 Å². The van der Waals surface area contributed by atoms with Crippen molar-refractivity contribution in [2.75, 3.05) is 7.11 Å². The predicted molar refractivity (Wildman–Crippen MR) is 144 cm³/mol. The van der Waals surface area contributed by atoms with Gasteiger partial charge in [-0.25, -0.2) is 9.97 Å². The third kappa shape index (κ3) is 3.84. The van der Waals surface area contributed by atoms with E-state index in [9.17, 15) is 9.59 Å². The molecular formula is C28H21ClN6O3. The molecule has 0 bridgehead atoms. The van der Waals surface area contributed by atoms with Crippen molar-refractivity contribution in [2.24, 2.45) is 0 Å². The van der Waals surface area contributed by atoms with E-state index in [4.69, 9.17) is 16.3 Å². The smallest absolute Gasteiger partial charge is 0.262 e. The summed E-state index contributed by atoms with van der Waals surface area (Å²) >= 11 is 6.03.